The van der Waals surface area contributed by atoms with E-state index in [0.29, 0.717) is 41.9 Å². The van der Waals surface area contributed by atoms with E-state index in [1.807, 2.05) is 13.0 Å². The highest BCUT2D eigenvalue weighted by atomic mass is 19.1. The Morgan fingerprint density at radius 3 is 2.95 bits per heavy atom. The first-order valence-electron chi connectivity index (χ1n) is 12.9. The van der Waals surface area contributed by atoms with Crippen LogP contribution in [0.5, 0.6) is 0 Å². The molecule has 10 heteroatoms. The summed E-state index contributed by atoms with van der Waals surface area (Å²) in [6, 6.07) is 3.00. The molecule has 9 nitrogen and oxygen atoms in total. The molecule has 4 rings (SSSR count). The molecule has 0 aromatic carbocycles. The van der Waals surface area contributed by atoms with Crippen LogP contribution in [0.25, 0.3) is 5.70 Å². The number of hydrogen-bond acceptors (Lipinski definition) is 8. The fraction of sp³-hybridized carbons (Fsp3) is 0.500. The number of aliphatic hydroxyl groups excluding tert-OH is 1. The Kier molecular flexibility index (Phi) is 8.79. The molecule has 0 spiro atoms. The minimum absolute atomic E-state index is 0.0788. The van der Waals surface area contributed by atoms with Crippen molar-refractivity contribution >= 4 is 11.6 Å². The van der Waals surface area contributed by atoms with Crippen LogP contribution in [-0.2, 0) is 27.2 Å². The lowest BCUT2D eigenvalue weighted by Crippen LogP contribution is -2.48. The first kappa shape index (κ1) is 28.1. The maximum Gasteiger partial charge on any atom is 0.246 e. The Morgan fingerprint density at radius 2 is 2.21 bits per heavy atom. The predicted molar refractivity (Wildman–Crippen MR) is 140 cm³/mol. The minimum Gasteiger partial charge on any atom is -0.380 e. The molecule has 0 radical (unpaired) electrons. The summed E-state index contributed by atoms with van der Waals surface area (Å²) in [5.41, 5.74) is 4.15. The first-order valence-corrected chi connectivity index (χ1v) is 12.9. The molecule has 206 valence electrons. The van der Waals surface area contributed by atoms with Crippen LogP contribution in [0.1, 0.15) is 60.7 Å². The van der Waals surface area contributed by atoms with E-state index in [-0.39, 0.29) is 44.1 Å². The van der Waals surface area contributed by atoms with Gasteiger partial charge in [-0.25, -0.2) is 4.39 Å². The van der Waals surface area contributed by atoms with Crippen molar-refractivity contribution in [3.05, 3.63) is 69.3 Å². The van der Waals surface area contributed by atoms with Gasteiger partial charge in [-0.1, -0.05) is 13.0 Å². The quantitative estimate of drug-likeness (QED) is 0.270. The topological polar surface area (TPSA) is 125 Å². The van der Waals surface area contributed by atoms with Crippen molar-refractivity contribution in [3.8, 4) is 0 Å². The lowest BCUT2D eigenvalue weighted by atomic mass is 9.84. The van der Waals surface area contributed by atoms with Gasteiger partial charge in [0.15, 0.2) is 6.29 Å². The molecule has 5 N–H and O–H groups in total. The molecule has 1 amide bonds. The van der Waals surface area contributed by atoms with Crippen molar-refractivity contribution in [2.24, 2.45) is 0 Å². The zero-order valence-corrected chi connectivity index (χ0v) is 22.4. The molecule has 1 unspecified atom stereocenters. The highest BCUT2D eigenvalue weighted by molar-refractivity contribution is 5.78. The highest BCUT2D eigenvalue weighted by Crippen LogP contribution is 2.38. The summed E-state index contributed by atoms with van der Waals surface area (Å²) < 4.78 is 25.6. The van der Waals surface area contributed by atoms with E-state index < -0.39 is 11.9 Å². The monoisotopic (exact) mass is 528 g/mol. The van der Waals surface area contributed by atoms with Gasteiger partial charge in [0.1, 0.15) is 18.0 Å². The zero-order chi connectivity index (χ0) is 27.4. The van der Waals surface area contributed by atoms with E-state index in [4.69, 9.17) is 9.47 Å². The summed E-state index contributed by atoms with van der Waals surface area (Å²) in [7, 11) is 1.74. The number of aryl methyl sites for hydroxylation is 1. The molecule has 0 saturated heterocycles. The summed E-state index contributed by atoms with van der Waals surface area (Å²) in [6.45, 7) is 6.19. The highest BCUT2D eigenvalue weighted by Gasteiger charge is 2.42. The number of carbonyl (C=O) groups is 1. The van der Waals surface area contributed by atoms with E-state index >= 15 is 0 Å². The first-order chi connectivity index (χ1) is 18.2. The van der Waals surface area contributed by atoms with E-state index in [0.717, 1.165) is 22.3 Å². The molecular formula is C28H37FN4O5. The Hall–Kier alpha value is -2.89. The largest absolute Gasteiger partial charge is 0.380 e. The van der Waals surface area contributed by atoms with Crippen molar-refractivity contribution < 1.29 is 28.9 Å². The number of halogens is 1. The van der Waals surface area contributed by atoms with Crippen LogP contribution in [0.4, 0.5) is 4.39 Å². The van der Waals surface area contributed by atoms with Gasteiger partial charge in [0.25, 0.3) is 0 Å². The van der Waals surface area contributed by atoms with Gasteiger partial charge >= 0.3 is 0 Å². The van der Waals surface area contributed by atoms with Crippen molar-refractivity contribution in [3.63, 3.8) is 0 Å². The average Bonchev–Trinajstić information content (AvgIpc) is 3.30. The van der Waals surface area contributed by atoms with Gasteiger partial charge in [0, 0.05) is 18.3 Å². The number of amides is 1. The van der Waals surface area contributed by atoms with Crippen molar-refractivity contribution in [2.45, 2.75) is 64.5 Å². The van der Waals surface area contributed by atoms with E-state index in [2.05, 4.69) is 20.9 Å². The number of carbonyl (C=O) groups excluding carboxylic acids is 1. The molecule has 2 bridgehead atoms. The summed E-state index contributed by atoms with van der Waals surface area (Å²) in [5, 5.41) is 31.0. The maximum absolute atomic E-state index is 14.9. The number of aliphatic hydroxyl groups is 2. The minimum atomic E-state index is -1.58. The molecule has 2 aliphatic heterocycles. The van der Waals surface area contributed by atoms with Gasteiger partial charge < -0.3 is 30.3 Å². The summed E-state index contributed by atoms with van der Waals surface area (Å²) >= 11 is 0. The number of aromatic nitrogens is 1. The fourth-order valence-corrected chi connectivity index (χ4v) is 5.20. The van der Waals surface area contributed by atoms with Crippen molar-refractivity contribution in [1.82, 2.24) is 20.9 Å². The molecule has 1 aromatic rings. The molecular weight excluding hydrogens is 491 g/mol. The third kappa shape index (κ3) is 5.60. The molecule has 1 aromatic heterocycles. The standard InChI is InChI=1S/C28H37FN4O5/c1-5-28(36)21(16(2)13-38-27(28)35)11-24-26-20(12-32-24)19-10-18(17(3)22(29)8-9-31-26)6-7-23(19)33-25(34)14-37-15-30-4/h8-11,23,27,30,32,35-36H,5-7,12-15H2,1-4H3,(H,33,34)/b9-8?,18-17?,20-19?,22-8?,22-17?,24-11-,31-9?,31-26?/t23-,27?,28-/m0/s1. The van der Waals surface area contributed by atoms with Crippen LogP contribution in [0.3, 0.4) is 0 Å². The predicted octanol–water partition coefficient (Wildman–Crippen LogP) is 2.20. The second-order valence-electron chi connectivity index (χ2n) is 9.92. The number of rotatable bonds is 7. The third-order valence-corrected chi connectivity index (χ3v) is 7.45. The van der Waals surface area contributed by atoms with Gasteiger partial charge in [-0.05, 0) is 80.1 Å². The molecule has 0 saturated carbocycles. The molecule has 1 aliphatic carbocycles. The molecule has 3 heterocycles. The van der Waals surface area contributed by atoms with Crippen LogP contribution >= 0.6 is 0 Å². The Balaban J connectivity index is 1.84. The smallest absolute Gasteiger partial charge is 0.246 e. The number of nitrogens with one attached hydrogen (secondary N) is 3. The third-order valence-electron chi connectivity index (χ3n) is 7.45. The van der Waals surface area contributed by atoms with Crippen LogP contribution in [-0.4, -0.2) is 60.0 Å². The summed E-state index contributed by atoms with van der Waals surface area (Å²) in [5.74, 6) is -0.606. The molecule has 3 aliphatic rings. The Bertz CT molecular complexity index is 1220. The molecule has 0 fully saturated rings. The van der Waals surface area contributed by atoms with Crippen LogP contribution in [0, 0.1) is 12.7 Å². The molecule has 38 heavy (non-hydrogen) atoms. The van der Waals surface area contributed by atoms with Gasteiger partial charge in [-0.2, -0.15) is 0 Å². The average molecular weight is 529 g/mol. The van der Waals surface area contributed by atoms with Crippen LogP contribution in [0.2, 0.25) is 0 Å². The number of nitrogens with zero attached hydrogens (tertiary/aromatic N) is 1. The van der Waals surface area contributed by atoms with Crippen LogP contribution in [0.15, 0.2) is 35.6 Å². The van der Waals surface area contributed by atoms with Gasteiger partial charge in [-0.3, -0.25) is 15.1 Å². The zero-order valence-electron chi connectivity index (χ0n) is 22.4. The number of ether oxygens (including phenoxy) is 2. The second kappa shape index (κ2) is 11.9. The van der Waals surface area contributed by atoms with E-state index in [1.165, 1.54) is 12.3 Å². The summed E-state index contributed by atoms with van der Waals surface area (Å²) in [6.07, 6.45) is 3.33. The second-order valence-corrected chi connectivity index (χ2v) is 9.92. The maximum atomic E-state index is 14.9. The summed E-state index contributed by atoms with van der Waals surface area (Å²) in [4.78, 5) is 17.2. The van der Waals surface area contributed by atoms with E-state index in [9.17, 15) is 19.4 Å². The van der Waals surface area contributed by atoms with Crippen LogP contribution < -0.4 is 16.0 Å². The normalized spacial score (nSPS) is 25.1. The number of fused-ring (bicyclic) bond motifs is 4. The lowest BCUT2D eigenvalue weighted by molar-refractivity contribution is -0.202. The van der Waals surface area contributed by atoms with Gasteiger partial charge in [-0.15, -0.1) is 0 Å². The fourth-order valence-electron chi connectivity index (χ4n) is 5.20. The SMILES string of the molecule is CC[C@]1(O)C(/C=C2\NCc3c4cc(c(C)c(F)ccnc32)CC[C@@H]4NC(=O)COCNC)=C(C)COC1O. The molecule has 3 atom stereocenters. The van der Waals surface area contributed by atoms with Gasteiger partial charge in [0.2, 0.25) is 5.91 Å². The Labute approximate surface area is 222 Å². The van der Waals surface area contributed by atoms with Crippen molar-refractivity contribution in [1.29, 1.82) is 0 Å². The number of hydrogen-bond donors (Lipinski definition) is 5. The lowest BCUT2D eigenvalue weighted by Gasteiger charge is -2.38. The van der Waals surface area contributed by atoms with Crippen molar-refractivity contribution in [2.75, 3.05) is 27.0 Å². The van der Waals surface area contributed by atoms with E-state index in [1.54, 1.807) is 27.0 Å². The van der Waals surface area contributed by atoms with Gasteiger partial charge in [0.05, 0.1) is 30.8 Å². The Morgan fingerprint density at radius 1 is 1.42 bits per heavy atom.